The fourth-order valence-corrected chi connectivity index (χ4v) is 4.73. The maximum absolute atomic E-state index is 12.7. The van der Waals surface area contributed by atoms with Crippen LogP contribution in [0.25, 0.3) is 0 Å². The highest BCUT2D eigenvalue weighted by Crippen LogP contribution is 2.30. The Morgan fingerprint density at radius 1 is 1.25 bits per heavy atom. The summed E-state index contributed by atoms with van der Waals surface area (Å²) in [7, 11) is -3.53. The van der Waals surface area contributed by atoms with Crippen LogP contribution < -0.4 is 14.4 Å². The molecule has 1 heterocycles. The zero-order chi connectivity index (χ0) is 20.3. The molecule has 0 spiro atoms. The third-order valence-electron chi connectivity index (χ3n) is 4.37. The standard InChI is InChI=1S/C20H23ClN2O4S/c1-14(2)27-19-8-7-16(21)13-17(19)20(24)22-10-12-28(25,26)23-11-9-15-5-3-4-6-18(15)23/h3-8,13-14H,9-12H2,1-2H3,(H,22,24). The fraction of sp³-hybridized carbons (Fsp3) is 0.350. The summed E-state index contributed by atoms with van der Waals surface area (Å²) in [6.45, 7) is 4.14. The van der Waals surface area contributed by atoms with Crippen LogP contribution in [0.4, 0.5) is 5.69 Å². The average Bonchev–Trinajstić information content (AvgIpc) is 3.07. The second kappa shape index (κ2) is 8.41. The number of carbonyl (C=O) groups is 1. The van der Waals surface area contributed by atoms with Crippen molar-refractivity contribution in [2.45, 2.75) is 26.4 Å². The third-order valence-corrected chi connectivity index (χ3v) is 6.38. The molecule has 0 bridgehead atoms. The summed E-state index contributed by atoms with van der Waals surface area (Å²) in [5, 5.41) is 3.07. The molecular weight excluding hydrogens is 400 g/mol. The van der Waals surface area contributed by atoms with Crippen molar-refractivity contribution in [1.29, 1.82) is 0 Å². The van der Waals surface area contributed by atoms with Crippen molar-refractivity contribution in [3.63, 3.8) is 0 Å². The molecule has 0 saturated carbocycles. The molecule has 1 N–H and O–H groups in total. The van der Waals surface area contributed by atoms with Crippen molar-refractivity contribution >= 4 is 33.2 Å². The van der Waals surface area contributed by atoms with Gasteiger partial charge in [-0.3, -0.25) is 9.10 Å². The summed E-state index contributed by atoms with van der Waals surface area (Å²) in [6.07, 6.45) is 0.587. The fourth-order valence-electron chi connectivity index (χ4n) is 3.13. The van der Waals surface area contributed by atoms with E-state index in [-0.39, 0.29) is 24.0 Å². The lowest BCUT2D eigenvalue weighted by atomic mass is 10.2. The monoisotopic (exact) mass is 422 g/mol. The Kier molecular flexibility index (Phi) is 6.15. The smallest absolute Gasteiger partial charge is 0.255 e. The van der Waals surface area contributed by atoms with Crippen LogP contribution in [0.15, 0.2) is 42.5 Å². The predicted molar refractivity (Wildman–Crippen MR) is 111 cm³/mol. The number of nitrogens with zero attached hydrogens (tertiary/aromatic N) is 1. The number of benzene rings is 2. The van der Waals surface area contributed by atoms with E-state index in [1.807, 2.05) is 32.0 Å². The summed E-state index contributed by atoms with van der Waals surface area (Å²) < 4.78 is 32.5. The van der Waals surface area contributed by atoms with Gasteiger partial charge in [0.15, 0.2) is 0 Å². The van der Waals surface area contributed by atoms with Gasteiger partial charge in [-0.15, -0.1) is 0 Å². The minimum absolute atomic E-state index is 0.00648. The van der Waals surface area contributed by atoms with Crippen LogP contribution in [0, 0.1) is 0 Å². The van der Waals surface area contributed by atoms with Crippen LogP contribution in [0.3, 0.4) is 0 Å². The van der Waals surface area contributed by atoms with Crippen molar-refractivity contribution < 1.29 is 17.9 Å². The number of anilines is 1. The van der Waals surface area contributed by atoms with Gasteiger partial charge < -0.3 is 10.1 Å². The van der Waals surface area contributed by atoms with Gasteiger partial charge >= 0.3 is 0 Å². The van der Waals surface area contributed by atoms with E-state index in [2.05, 4.69) is 5.32 Å². The Labute approximate surface area is 170 Å². The normalized spacial score (nSPS) is 13.5. The van der Waals surface area contributed by atoms with Gasteiger partial charge in [-0.2, -0.15) is 0 Å². The molecule has 3 rings (SSSR count). The molecule has 2 aromatic rings. The van der Waals surface area contributed by atoms with Crippen molar-refractivity contribution in [2.24, 2.45) is 0 Å². The van der Waals surface area contributed by atoms with Crippen molar-refractivity contribution in [2.75, 3.05) is 23.1 Å². The summed E-state index contributed by atoms with van der Waals surface area (Å²) >= 11 is 6.00. The molecule has 1 aliphatic rings. The van der Waals surface area contributed by atoms with Crippen LogP contribution in [0.1, 0.15) is 29.8 Å². The number of halogens is 1. The van der Waals surface area contributed by atoms with E-state index >= 15 is 0 Å². The highest BCUT2D eigenvalue weighted by molar-refractivity contribution is 7.92. The number of rotatable bonds is 7. The quantitative estimate of drug-likeness (QED) is 0.743. The van der Waals surface area contributed by atoms with Crippen LogP contribution in [0.2, 0.25) is 5.02 Å². The molecule has 8 heteroatoms. The average molecular weight is 423 g/mol. The predicted octanol–water partition coefficient (Wildman–Crippen LogP) is 3.25. The molecule has 0 atom stereocenters. The molecule has 0 saturated heterocycles. The first-order valence-electron chi connectivity index (χ1n) is 9.10. The zero-order valence-electron chi connectivity index (χ0n) is 15.8. The molecular formula is C20H23ClN2O4S. The second-order valence-electron chi connectivity index (χ2n) is 6.83. The topological polar surface area (TPSA) is 75.7 Å². The number of hydrogen-bond acceptors (Lipinski definition) is 4. The van der Waals surface area contributed by atoms with Gasteiger partial charge in [0.1, 0.15) is 5.75 Å². The van der Waals surface area contributed by atoms with E-state index in [1.54, 1.807) is 18.2 Å². The number of fused-ring (bicyclic) bond motifs is 1. The van der Waals surface area contributed by atoms with Crippen LogP contribution in [0.5, 0.6) is 5.75 Å². The molecule has 6 nitrogen and oxygen atoms in total. The Morgan fingerprint density at radius 2 is 2.00 bits per heavy atom. The summed E-state index contributed by atoms with van der Waals surface area (Å²) in [4.78, 5) is 12.5. The van der Waals surface area contributed by atoms with Gasteiger partial charge in [0.25, 0.3) is 5.91 Å². The minimum Gasteiger partial charge on any atom is -0.490 e. The SMILES string of the molecule is CC(C)Oc1ccc(Cl)cc1C(=O)NCCS(=O)(=O)N1CCc2ccccc21. The summed E-state index contributed by atoms with van der Waals surface area (Å²) in [5.41, 5.74) is 2.02. The first-order valence-corrected chi connectivity index (χ1v) is 11.1. The Hall–Kier alpha value is -2.25. The molecule has 28 heavy (non-hydrogen) atoms. The largest absolute Gasteiger partial charge is 0.490 e. The number of amides is 1. The second-order valence-corrected chi connectivity index (χ2v) is 9.28. The van der Waals surface area contributed by atoms with E-state index in [4.69, 9.17) is 16.3 Å². The van der Waals surface area contributed by atoms with Gasteiger partial charge in [-0.25, -0.2) is 8.42 Å². The van der Waals surface area contributed by atoms with Crippen molar-refractivity contribution in [1.82, 2.24) is 5.32 Å². The number of hydrogen-bond donors (Lipinski definition) is 1. The summed E-state index contributed by atoms with van der Waals surface area (Å²) in [5.74, 6) is -0.197. The number of para-hydroxylation sites is 1. The molecule has 0 aromatic heterocycles. The first-order chi connectivity index (χ1) is 13.3. The third kappa shape index (κ3) is 4.59. The van der Waals surface area contributed by atoms with Gasteiger partial charge in [0.2, 0.25) is 10.0 Å². The molecule has 0 aliphatic carbocycles. The molecule has 1 aliphatic heterocycles. The molecule has 1 amide bonds. The Balaban J connectivity index is 1.65. The lowest BCUT2D eigenvalue weighted by Crippen LogP contribution is -2.37. The molecule has 0 radical (unpaired) electrons. The van der Waals surface area contributed by atoms with E-state index in [1.165, 1.54) is 10.4 Å². The molecule has 0 fully saturated rings. The zero-order valence-corrected chi connectivity index (χ0v) is 17.4. The molecule has 2 aromatic carbocycles. The Morgan fingerprint density at radius 3 is 2.75 bits per heavy atom. The van der Waals surface area contributed by atoms with Gasteiger partial charge in [-0.05, 0) is 50.1 Å². The highest BCUT2D eigenvalue weighted by atomic mass is 35.5. The lowest BCUT2D eigenvalue weighted by Gasteiger charge is -2.20. The van der Waals surface area contributed by atoms with E-state index in [0.717, 1.165) is 11.3 Å². The number of carbonyl (C=O) groups excluding carboxylic acids is 1. The highest BCUT2D eigenvalue weighted by Gasteiger charge is 2.28. The van der Waals surface area contributed by atoms with Crippen molar-refractivity contribution in [3.05, 3.63) is 58.6 Å². The minimum atomic E-state index is -3.53. The molecule has 150 valence electrons. The van der Waals surface area contributed by atoms with E-state index in [0.29, 0.717) is 23.7 Å². The lowest BCUT2D eigenvalue weighted by molar-refractivity contribution is 0.0950. The van der Waals surface area contributed by atoms with E-state index in [9.17, 15) is 13.2 Å². The van der Waals surface area contributed by atoms with Crippen LogP contribution >= 0.6 is 11.6 Å². The van der Waals surface area contributed by atoms with Gasteiger partial charge in [-0.1, -0.05) is 29.8 Å². The van der Waals surface area contributed by atoms with Crippen LogP contribution in [-0.2, 0) is 16.4 Å². The maximum Gasteiger partial charge on any atom is 0.255 e. The van der Waals surface area contributed by atoms with Gasteiger partial charge in [0.05, 0.1) is 23.1 Å². The van der Waals surface area contributed by atoms with E-state index < -0.39 is 15.9 Å². The van der Waals surface area contributed by atoms with Crippen molar-refractivity contribution in [3.8, 4) is 5.75 Å². The number of ether oxygens (including phenoxy) is 1. The summed E-state index contributed by atoms with van der Waals surface area (Å²) in [6, 6.07) is 12.3. The Bertz CT molecular complexity index is 976. The van der Waals surface area contributed by atoms with Crippen LogP contribution in [-0.4, -0.2) is 39.3 Å². The van der Waals surface area contributed by atoms with Gasteiger partial charge in [0, 0.05) is 18.1 Å². The molecule has 0 unspecified atom stereocenters. The number of nitrogens with one attached hydrogen (secondary N) is 1. The number of sulfonamides is 1. The first kappa shape index (κ1) is 20.5. The maximum atomic E-state index is 12.7.